The van der Waals surface area contributed by atoms with Gasteiger partial charge in [0.1, 0.15) is 12.2 Å². The molecule has 23 heavy (non-hydrogen) atoms. The maximum Gasteiger partial charge on any atom is 2.00 e. The second kappa shape index (κ2) is 15.5. The average molecular weight is 354 g/mol. The average Bonchev–Trinajstić information content (AvgIpc) is 2.39. The van der Waals surface area contributed by atoms with Crippen molar-refractivity contribution in [2.24, 2.45) is 0 Å². The third-order valence-corrected chi connectivity index (χ3v) is 1.86. The second-order valence-corrected chi connectivity index (χ2v) is 3.80. The van der Waals surface area contributed by atoms with Gasteiger partial charge in [-0.1, -0.05) is 12.2 Å². The minimum atomic E-state index is -1.40. The van der Waals surface area contributed by atoms with Crippen LogP contribution in [0.5, 0.6) is 0 Å². The summed E-state index contributed by atoms with van der Waals surface area (Å²) in [6.07, 6.45) is 2.81. The van der Waals surface area contributed by atoms with Gasteiger partial charge in [-0.15, -0.1) is 0 Å². The van der Waals surface area contributed by atoms with Gasteiger partial charge in [0.05, 0.1) is 11.9 Å². The zero-order chi connectivity index (χ0) is 17.7. The van der Waals surface area contributed by atoms with Crippen LogP contribution in [0.1, 0.15) is 27.7 Å². The fourth-order valence-electron chi connectivity index (χ4n) is 0.795. The first-order valence-electron chi connectivity index (χ1n) is 6.24. The first-order chi connectivity index (χ1) is 10.1. The van der Waals surface area contributed by atoms with Gasteiger partial charge in [-0.05, 0) is 27.7 Å². The molecular weight excluding hydrogens is 336 g/mol. The molecule has 0 aliphatic heterocycles. The van der Waals surface area contributed by atoms with Crippen LogP contribution in [0.25, 0.3) is 0 Å². The number of hydrogen-bond acceptors (Lipinski definition) is 8. The standard InChI is InChI=1S/2C7H10O4.Ca/c2*1-3-4-6(8)11-5(2)7(9)10;/h2*3-5H,1-2H3,(H,9,10);/q;;+2/p-2. The van der Waals surface area contributed by atoms with E-state index in [0.29, 0.717) is 0 Å². The Hall–Kier alpha value is -1.38. The maximum atomic E-state index is 10.6. The predicted octanol–water partition coefficient (Wildman–Crippen LogP) is -1.89. The van der Waals surface area contributed by atoms with Crippen molar-refractivity contribution in [3.05, 3.63) is 24.3 Å². The molecule has 0 spiro atoms. The monoisotopic (exact) mass is 354 g/mol. The largest absolute Gasteiger partial charge is 2.00 e. The molecule has 0 rings (SSSR count). The van der Waals surface area contributed by atoms with Crippen molar-refractivity contribution in [3.8, 4) is 0 Å². The van der Waals surface area contributed by atoms with Crippen LogP contribution in [0, 0.1) is 0 Å². The van der Waals surface area contributed by atoms with Gasteiger partial charge >= 0.3 is 49.7 Å². The number of rotatable bonds is 6. The number of esters is 2. The Kier molecular flexibility index (Phi) is 17.9. The summed E-state index contributed by atoms with van der Waals surface area (Å²) >= 11 is 0. The van der Waals surface area contributed by atoms with E-state index in [1.807, 2.05) is 0 Å². The summed E-state index contributed by atoms with van der Waals surface area (Å²) in [7, 11) is 0. The Morgan fingerprint density at radius 2 is 1.04 bits per heavy atom. The quantitative estimate of drug-likeness (QED) is 0.307. The van der Waals surface area contributed by atoms with Crippen LogP contribution in [0.4, 0.5) is 0 Å². The molecule has 2 unspecified atom stereocenters. The molecule has 0 aromatic heterocycles. The molecule has 0 saturated heterocycles. The summed E-state index contributed by atoms with van der Waals surface area (Å²) in [5.74, 6) is -4.15. The normalized spacial score (nSPS) is 12.3. The fourth-order valence-corrected chi connectivity index (χ4v) is 0.795. The smallest absolute Gasteiger partial charge is 0.546 e. The zero-order valence-electron chi connectivity index (χ0n) is 13.4. The summed E-state index contributed by atoms with van der Waals surface area (Å²) in [4.78, 5) is 41.2. The molecule has 2 atom stereocenters. The third-order valence-electron chi connectivity index (χ3n) is 1.86. The number of allylic oxidation sites excluding steroid dienone is 2. The molecule has 9 heteroatoms. The number of ether oxygens (including phenoxy) is 2. The van der Waals surface area contributed by atoms with E-state index < -0.39 is 36.1 Å². The molecule has 0 bridgehead atoms. The van der Waals surface area contributed by atoms with E-state index in [-0.39, 0.29) is 37.7 Å². The molecule has 124 valence electrons. The molecule has 0 saturated carbocycles. The van der Waals surface area contributed by atoms with Crippen molar-refractivity contribution >= 4 is 61.6 Å². The van der Waals surface area contributed by atoms with Gasteiger partial charge in [0, 0.05) is 12.2 Å². The minimum absolute atomic E-state index is 0. The van der Waals surface area contributed by atoms with Crippen molar-refractivity contribution in [2.75, 3.05) is 0 Å². The molecular formula is C14H18CaO8. The Morgan fingerprint density at radius 1 is 0.783 bits per heavy atom. The van der Waals surface area contributed by atoms with Crippen molar-refractivity contribution in [1.29, 1.82) is 0 Å². The molecule has 0 aromatic carbocycles. The topological polar surface area (TPSA) is 133 Å². The molecule has 0 aliphatic rings. The number of carboxylic acids is 2. The molecule has 0 heterocycles. The van der Waals surface area contributed by atoms with Gasteiger partial charge < -0.3 is 29.3 Å². The summed E-state index contributed by atoms with van der Waals surface area (Å²) in [6, 6.07) is 0. The van der Waals surface area contributed by atoms with E-state index in [9.17, 15) is 29.4 Å². The van der Waals surface area contributed by atoms with Gasteiger partial charge in [-0.25, -0.2) is 9.59 Å². The van der Waals surface area contributed by atoms with Crippen LogP contribution in [-0.4, -0.2) is 73.8 Å². The van der Waals surface area contributed by atoms with Crippen molar-refractivity contribution < 1.29 is 38.9 Å². The molecule has 0 aromatic rings. The second-order valence-electron chi connectivity index (χ2n) is 3.80. The maximum absolute atomic E-state index is 10.6. The Morgan fingerprint density at radius 3 is 1.22 bits per heavy atom. The van der Waals surface area contributed by atoms with Gasteiger partial charge in [-0.3, -0.25) is 0 Å². The summed E-state index contributed by atoms with van der Waals surface area (Å²) < 4.78 is 8.73. The Bertz CT molecular complexity index is 414. The zero-order valence-corrected chi connectivity index (χ0v) is 15.6. The third kappa shape index (κ3) is 16.8. The molecule has 8 nitrogen and oxygen atoms in total. The van der Waals surface area contributed by atoms with Crippen LogP contribution < -0.4 is 10.2 Å². The number of aliphatic carboxylic acids is 2. The predicted molar refractivity (Wildman–Crippen MR) is 76.5 cm³/mol. The van der Waals surface area contributed by atoms with Crippen LogP contribution in [0.3, 0.4) is 0 Å². The van der Waals surface area contributed by atoms with Gasteiger partial charge in [-0.2, -0.15) is 0 Å². The van der Waals surface area contributed by atoms with Crippen LogP contribution in [0.2, 0.25) is 0 Å². The SMILES string of the molecule is CC=CC(=O)OC(C)C(=O)[O-].CC=CC(=O)OC(C)C(=O)[O-].[Ca+2]. The van der Waals surface area contributed by atoms with Gasteiger partial charge in [0.25, 0.3) is 0 Å². The fraction of sp³-hybridized carbons (Fsp3) is 0.429. The van der Waals surface area contributed by atoms with Crippen LogP contribution in [-0.2, 0) is 28.7 Å². The number of carbonyl (C=O) groups excluding carboxylic acids is 4. The van der Waals surface area contributed by atoms with E-state index in [1.165, 1.54) is 26.0 Å². The minimum Gasteiger partial charge on any atom is -0.546 e. The number of carbonyl (C=O) groups is 4. The van der Waals surface area contributed by atoms with Gasteiger partial charge in [0.2, 0.25) is 0 Å². The number of carboxylic acid groups (broad SMARTS) is 2. The van der Waals surface area contributed by atoms with E-state index >= 15 is 0 Å². The van der Waals surface area contributed by atoms with Crippen molar-refractivity contribution in [1.82, 2.24) is 0 Å². The summed E-state index contributed by atoms with van der Waals surface area (Å²) in [6.45, 7) is 5.73. The molecule has 0 fully saturated rings. The number of hydrogen-bond donors (Lipinski definition) is 0. The van der Waals surface area contributed by atoms with E-state index in [2.05, 4.69) is 9.47 Å². The van der Waals surface area contributed by atoms with Crippen molar-refractivity contribution in [2.45, 2.75) is 39.9 Å². The van der Waals surface area contributed by atoms with Gasteiger partial charge in [0.15, 0.2) is 0 Å². The van der Waals surface area contributed by atoms with Crippen molar-refractivity contribution in [3.63, 3.8) is 0 Å². The molecule has 0 radical (unpaired) electrons. The van der Waals surface area contributed by atoms with E-state index in [1.54, 1.807) is 13.8 Å². The van der Waals surface area contributed by atoms with Crippen LogP contribution >= 0.6 is 0 Å². The van der Waals surface area contributed by atoms with E-state index in [4.69, 9.17) is 0 Å². The summed E-state index contributed by atoms with van der Waals surface area (Å²) in [5.41, 5.74) is 0. The Labute approximate surface area is 164 Å². The van der Waals surface area contributed by atoms with E-state index in [0.717, 1.165) is 12.2 Å². The Balaban J connectivity index is -0.000000333. The molecule has 0 aliphatic carbocycles. The first kappa shape index (κ1) is 26.5. The van der Waals surface area contributed by atoms with Crippen LogP contribution in [0.15, 0.2) is 24.3 Å². The summed E-state index contributed by atoms with van der Waals surface area (Å²) in [5, 5.41) is 20.1. The molecule has 0 N–H and O–H groups in total. The molecule has 0 amide bonds. The first-order valence-corrected chi connectivity index (χ1v) is 6.24.